The minimum Gasteiger partial charge on any atom is -0.508 e. The summed E-state index contributed by atoms with van der Waals surface area (Å²) in [6.07, 6.45) is 0.890. The van der Waals surface area contributed by atoms with Crippen LogP contribution in [0.25, 0.3) is 0 Å². The fraction of sp³-hybridized carbons (Fsp3) is 0.462. The molecular formula is C13H18N2O2. The molecule has 2 atom stereocenters. The molecule has 1 aromatic carbocycles. The highest BCUT2D eigenvalue weighted by Gasteiger charge is 2.31. The average molecular weight is 234 g/mol. The van der Waals surface area contributed by atoms with Crippen molar-refractivity contribution in [2.24, 2.45) is 5.73 Å². The molecule has 2 rings (SSSR count). The van der Waals surface area contributed by atoms with Gasteiger partial charge in [0.05, 0.1) is 6.54 Å². The van der Waals surface area contributed by atoms with Gasteiger partial charge in [0.15, 0.2) is 0 Å². The number of phenolic OH excluding ortho intramolecular Hbond substituents is 1. The first kappa shape index (κ1) is 11.9. The second-order valence-electron chi connectivity index (χ2n) is 4.77. The molecule has 1 amide bonds. The van der Waals surface area contributed by atoms with Crippen LogP contribution in [0.3, 0.4) is 0 Å². The molecule has 4 heteroatoms. The van der Waals surface area contributed by atoms with Crippen LogP contribution in [0.4, 0.5) is 0 Å². The number of primary amides is 1. The topological polar surface area (TPSA) is 75.3 Å². The van der Waals surface area contributed by atoms with Gasteiger partial charge in [-0.25, -0.2) is 0 Å². The normalized spacial score (nSPS) is 22.5. The summed E-state index contributed by atoms with van der Waals surface area (Å²) in [5.41, 5.74) is 8.45. The number of fused-ring (bicyclic) bond motifs is 1. The number of aryl methyl sites for hydroxylation is 1. The van der Waals surface area contributed by atoms with Gasteiger partial charge in [0.2, 0.25) is 5.91 Å². The molecule has 0 bridgehead atoms. The van der Waals surface area contributed by atoms with Crippen LogP contribution in [-0.4, -0.2) is 17.6 Å². The number of hydrogen-bond acceptors (Lipinski definition) is 3. The number of carbonyl (C=O) groups excluding carboxylic acids is 1. The number of amides is 1. The number of carbonyl (C=O) groups is 1. The Bertz CT molecular complexity index is 457. The fourth-order valence-corrected chi connectivity index (χ4v) is 2.75. The molecular weight excluding hydrogens is 216 g/mol. The summed E-state index contributed by atoms with van der Waals surface area (Å²) in [7, 11) is 0. The van der Waals surface area contributed by atoms with Gasteiger partial charge < -0.3 is 16.2 Å². The summed E-state index contributed by atoms with van der Waals surface area (Å²) in [6, 6.07) is 3.67. The molecule has 1 aliphatic carbocycles. The number of benzene rings is 1. The maximum atomic E-state index is 10.8. The third-order valence-electron chi connectivity index (χ3n) is 3.44. The SMILES string of the molecule is Cc1ccc(O)c2c1C(C)CC2NCC(N)=O. The predicted molar refractivity (Wildman–Crippen MR) is 65.8 cm³/mol. The molecule has 4 N–H and O–H groups in total. The molecule has 0 fully saturated rings. The lowest BCUT2D eigenvalue weighted by atomic mass is 9.97. The molecule has 17 heavy (non-hydrogen) atoms. The van der Waals surface area contributed by atoms with Gasteiger partial charge in [-0.15, -0.1) is 0 Å². The van der Waals surface area contributed by atoms with Gasteiger partial charge in [0, 0.05) is 11.6 Å². The summed E-state index contributed by atoms with van der Waals surface area (Å²) in [5, 5.41) is 13.1. The quantitative estimate of drug-likeness (QED) is 0.738. The Hall–Kier alpha value is -1.55. The first-order chi connectivity index (χ1) is 8.00. The Labute approximate surface area is 101 Å². The van der Waals surface area contributed by atoms with Crippen LogP contribution in [-0.2, 0) is 4.79 Å². The van der Waals surface area contributed by atoms with Crippen molar-refractivity contribution in [2.45, 2.75) is 32.2 Å². The van der Waals surface area contributed by atoms with Crippen molar-refractivity contribution in [2.75, 3.05) is 6.54 Å². The maximum Gasteiger partial charge on any atom is 0.231 e. The first-order valence-electron chi connectivity index (χ1n) is 5.84. The van der Waals surface area contributed by atoms with Crippen LogP contribution in [0.1, 0.15) is 42.0 Å². The zero-order valence-electron chi connectivity index (χ0n) is 10.2. The van der Waals surface area contributed by atoms with Gasteiger partial charge in [-0.2, -0.15) is 0 Å². The largest absolute Gasteiger partial charge is 0.508 e. The van der Waals surface area contributed by atoms with Crippen LogP contribution in [0.2, 0.25) is 0 Å². The number of nitrogens with one attached hydrogen (secondary N) is 1. The fourth-order valence-electron chi connectivity index (χ4n) is 2.75. The van der Waals surface area contributed by atoms with E-state index in [-0.39, 0.29) is 18.5 Å². The van der Waals surface area contributed by atoms with E-state index >= 15 is 0 Å². The van der Waals surface area contributed by atoms with Crippen molar-refractivity contribution in [1.29, 1.82) is 0 Å². The second kappa shape index (κ2) is 4.37. The molecule has 1 aliphatic rings. The number of phenols is 1. The minimum absolute atomic E-state index is 0.0207. The Morgan fingerprint density at radius 2 is 2.24 bits per heavy atom. The Kier molecular flexibility index (Phi) is 3.07. The summed E-state index contributed by atoms with van der Waals surface area (Å²) in [4.78, 5) is 10.8. The third-order valence-corrected chi connectivity index (χ3v) is 3.44. The number of aromatic hydroxyl groups is 1. The van der Waals surface area contributed by atoms with E-state index in [1.165, 1.54) is 11.1 Å². The van der Waals surface area contributed by atoms with Gasteiger partial charge in [-0.3, -0.25) is 4.79 Å². The molecule has 0 aromatic heterocycles. The van der Waals surface area contributed by atoms with Crippen molar-refractivity contribution in [1.82, 2.24) is 5.32 Å². The van der Waals surface area contributed by atoms with Crippen LogP contribution >= 0.6 is 0 Å². The molecule has 92 valence electrons. The molecule has 0 aliphatic heterocycles. The van der Waals surface area contributed by atoms with E-state index in [1.54, 1.807) is 6.07 Å². The van der Waals surface area contributed by atoms with Crippen LogP contribution in [0.15, 0.2) is 12.1 Å². The molecule has 0 saturated heterocycles. The molecule has 0 spiro atoms. The molecule has 0 heterocycles. The Balaban J connectivity index is 2.33. The van der Waals surface area contributed by atoms with Crippen molar-refractivity contribution in [3.8, 4) is 5.75 Å². The lowest BCUT2D eigenvalue weighted by Crippen LogP contribution is -2.30. The van der Waals surface area contributed by atoms with Crippen molar-refractivity contribution in [3.05, 3.63) is 28.8 Å². The average Bonchev–Trinajstić information content (AvgIpc) is 2.59. The van der Waals surface area contributed by atoms with E-state index in [0.717, 1.165) is 12.0 Å². The molecule has 4 nitrogen and oxygen atoms in total. The number of nitrogens with two attached hydrogens (primary N) is 1. The Morgan fingerprint density at radius 1 is 1.53 bits per heavy atom. The first-order valence-corrected chi connectivity index (χ1v) is 5.84. The summed E-state index contributed by atoms with van der Waals surface area (Å²) in [6.45, 7) is 4.33. The van der Waals surface area contributed by atoms with Gasteiger partial charge >= 0.3 is 0 Å². The summed E-state index contributed by atoms with van der Waals surface area (Å²) >= 11 is 0. The van der Waals surface area contributed by atoms with Crippen LogP contribution in [0.5, 0.6) is 5.75 Å². The lowest BCUT2D eigenvalue weighted by molar-refractivity contribution is -0.117. The van der Waals surface area contributed by atoms with E-state index in [0.29, 0.717) is 11.7 Å². The maximum absolute atomic E-state index is 10.8. The zero-order valence-corrected chi connectivity index (χ0v) is 10.2. The van der Waals surface area contributed by atoms with E-state index in [9.17, 15) is 9.90 Å². The number of hydrogen-bond donors (Lipinski definition) is 3. The van der Waals surface area contributed by atoms with E-state index in [1.807, 2.05) is 13.0 Å². The highest BCUT2D eigenvalue weighted by molar-refractivity contribution is 5.76. The summed E-state index contributed by atoms with van der Waals surface area (Å²) < 4.78 is 0. The minimum atomic E-state index is -0.377. The molecule has 0 radical (unpaired) electrons. The van der Waals surface area contributed by atoms with E-state index in [2.05, 4.69) is 12.2 Å². The van der Waals surface area contributed by atoms with Crippen LogP contribution in [0, 0.1) is 6.92 Å². The monoisotopic (exact) mass is 234 g/mol. The van der Waals surface area contributed by atoms with Crippen molar-refractivity contribution in [3.63, 3.8) is 0 Å². The van der Waals surface area contributed by atoms with Gasteiger partial charge in [0.1, 0.15) is 5.75 Å². The van der Waals surface area contributed by atoms with Gasteiger partial charge in [0.25, 0.3) is 0 Å². The summed E-state index contributed by atoms with van der Waals surface area (Å²) in [5.74, 6) is 0.317. The molecule has 0 saturated carbocycles. The molecule has 1 aromatic rings. The molecule has 2 unspecified atom stereocenters. The standard InChI is InChI=1S/C13H18N2O2/c1-7-3-4-10(16)13-9(15-6-11(14)17)5-8(2)12(7)13/h3-4,8-9,15-16H,5-6H2,1-2H3,(H2,14,17). The van der Waals surface area contributed by atoms with E-state index in [4.69, 9.17) is 5.73 Å². The van der Waals surface area contributed by atoms with Crippen molar-refractivity contribution < 1.29 is 9.90 Å². The highest BCUT2D eigenvalue weighted by Crippen LogP contribution is 2.45. The smallest absolute Gasteiger partial charge is 0.231 e. The predicted octanol–water partition coefficient (Wildman–Crippen LogP) is 1.32. The Morgan fingerprint density at radius 3 is 2.88 bits per heavy atom. The highest BCUT2D eigenvalue weighted by atomic mass is 16.3. The third kappa shape index (κ3) is 2.13. The zero-order chi connectivity index (χ0) is 12.6. The lowest BCUT2D eigenvalue weighted by Gasteiger charge is -2.14. The van der Waals surface area contributed by atoms with Gasteiger partial charge in [-0.1, -0.05) is 13.0 Å². The second-order valence-corrected chi connectivity index (χ2v) is 4.77. The van der Waals surface area contributed by atoms with Crippen molar-refractivity contribution >= 4 is 5.91 Å². The van der Waals surface area contributed by atoms with Gasteiger partial charge in [-0.05, 0) is 36.5 Å². The number of rotatable bonds is 3. The van der Waals surface area contributed by atoms with Crippen LogP contribution < -0.4 is 11.1 Å². The van der Waals surface area contributed by atoms with E-state index < -0.39 is 0 Å².